The molecular formula is C7H10ClN3. The summed E-state index contributed by atoms with van der Waals surface area (Å²) >= 11 is 5.64. The molecule has 0 unspecified atom stereocenters. The third-order valence-corrected chi connectivity index (χ3v) is 1.29. The summed E-state index contributed by atoms with van der Waals surface area (Å²) in [6, 6.07) is 3.61. The molecule has 0 aliphatic carbocycles. The van der Waals surface area contributed by atoms with Crippen LogP contribution in [0, 0.1) is 0 Å². The number of nitrogens with zero attached hydrogens (tertiary/aromatic N) is 2. The SMILES string of the molecule is CN(C)Nc1ccc(Cl)cn1. The molecular weight excluding hydrogens is 162 g/mol. The third kappa shape index (κ3) is 2.74. The number of halogens is 1. The van der Waals surface area contributed by atoms with E-state index in [1.165, 1.54) is 0 Å². The summed E-state index contributed by atoms with van der Waals surface area (Å²) in [5.74, 6) is 0.791. The van der Waals surface area contributed by atoms with Crippen molar-refractivity contribution in [1.29, 1.82) is 0 Å². The van der Waals surface area contributed by atoms with Gasteiger partial charge in [-0.15, -0.1) is 0 Å². The van der Waals surface area contributed by atoms with Gasteiger partial charge < -0.3 is 5.43 Å². The molecule has 1 heterocycles. The quantitative estimate of drug-likeness (QED) is 0.686. The summed E-state index contributed by atoms with van der Waals surface area (Å²) in [4.78, 5) is 4.03. The Morgan fingerprint density at radius 3 is 2.64 bits per heavy atom. The van der Waals surface area contributed by atoms with E-state index >= 15 is 0 Å². The Hall–Kier alpha value is -0.800. The molecule has 0 bridgehead atoms. The van der Waals surface area contributed by atoms with Crippen molar-refractivity contribution in [2.24, 2.45) is 0 Å². The Kier molecular flexibility index (Phi) is 2.68. The van der Waals surface area contributed by atoms with Gasteiger partial charge >= 0.3 is 0 Å². The average molecular weight is 172 g/mol. The van der Waals surface area contributed by atoms with Gasteiger partial charge in [0.05, 0.1) is 5.02 Å². The zero-order valence-corrected chi connectivity index (χ0v) is 7.26. The Bertz CT molecular complexity index is 220. The van der Waals surface area contributed by atoms with Crippen LogP contribution in [0.2, 0.25) is 5.02 Å². The van der Waals surface area contributed by atoms with Crippen molar-refractivity contribution in [3.05, 3.63) is 23.4 Å². The Morgan fingerprint density at radius 2 is 2.18 bits per heavy atom. The monoisotopic (exact) mass is 171 g/mol. The van der Waals surface area contributed by atoms with Crippen LogP contribution in [0.15, 0.2) is 18.3 Å². The molecule has 4 heteroatoms. The maximum Gasteiger partial charge on any atom is 0.140 e. The fraction of sp³-hybridized carbons (Fsp3) is 0.286. The number of hydrazine groups is 1. The van der Waals surface area contributed by atoms with Crippen LogP contribution in [0.1, 0.15) is 0 Å². The molecule has 11 heavy (non-hydrogen) atoms. The Labute approximate surface area is 71.0 Å². The van der Waals surface area contributed by atoms with Gasteiger partial charge in [-0.25, -0.2) is 9.99 Å². The van der Waals surface area contributed by atoms with Gasteiger partial charge in [0.25, 0.3) is 0 Å². The van der Waals surface area contributed by atoms with Crippen LogP contribution in [0.5, 0.6) is 0 Å². The molecule has 0 aliphatic rings. The molecule has 3 nitrogen and oxygen atoms in total. The lowest BCUT2D eigenvalue weighted by Gasteiger charge is -2.11. The first-order valence-corrected chi connectivity index (χ1v) is 3.62. The predicted octanol–water partition coefficient (Wildman–Crippen LogP) is 1.62. The second-order valence-corrected chi connectivity index (χ2v) is 2.80. The second-order valence-electron chi connectivity index (χ2n) is 2.37. The van der Waals surface area contributed by atoms with Crippen molar-refractivity contribution in [2.75, 3.05) is 19.5 Å². The van der Waals surface area contributed by atoms with E-state index in [4.69, 9.17) is 11.6 Å². The smallest absolute Gasteiger partial charge is 0.140 e. The number of pyridine rings is 1. The number of nitrogens with one attached hydrogen (secondary N) is 1. The molecule has 0 saturated carbocycles. The fourth-order valence-corrected chi connectivity index (χ4v) is 0.783. The van der Waals surface area contributed by atoms with Crippen LogP contribution < -0.4 is 5.43 Å². The van der Waals surface area contributed by atoms with Crippen molar-refractivity contribution in [3.63, 3.8) is 0 Å². The minimum atomic E-state index is 0.648. The molecule has 0 saturated heterocycles. The molecule has 0 amide bonds. The summed E-state index contributed by atoms with van der Waals surface area (Å²) in [7, 11) is 3.80. The van der Waals surface area contributed by atoms with Crippen molar-refractivity contribution in [3.8, 4) is 0 Å². The first-order chi connectivity index (χ1) is 5.18. The largest absolute Gasteiger partial charge is 0.304 e. The standard InChI is InChI=1S/C7H10ClN3/c1-11(2)10-7-4-3-6(8)5-9-7/h3-5H,1-2H3,(H,9,10). The average Bonchev–Trinajstić information content (AvgIpc) is 1.93. The molecule has 0 aromatic carbocycles. The topological polar surface area (TPSA) is 28.2 Å². The Balaban J connectivity index is 2.66. The molecule has 1 aromatic rings. The normalized spacial score (nSPS) is 10.2. The summed E-state index contributed by atoms with van der Waals surface area (Å²) in [5.41, 5.74) is 3.00. The first-order valence-electron chi connectivity index (χ1n) is 3.24. The molecule has 0 spiro atoms. The summed E-state index contributed by atoms with van der Waals surface area (Å²) < 4.78 is 0. The van der Waals surface area contributed by atoms with E-state index < -0.39 is 0 Å². The molecule has 1 aromatic heterocycles. The van der Waals surface area contributed by atoms with E-state index in [9.17, 15) is 0 Å². The van der Waals surface area contributed by atoms with E-state index in [0.717, 1.165) is 5.82 Å². The maximum atomic E-state index is 5.64. The molecule has 1 N–H and O–H groups in total. The predicted molar refractivity (Wildman–Crippen MR) is 46.6 cm³/mol. The molecule has 0 fully saturated rings. The van der Waals surface area contributed by atoms with E-state index in [2.05, 4.69) is 10.4 Å². The lowest BCUT2D eigenvalue weighted by atomic mass is 10.5. The van der Waals surface area contributed by atoms with Gasteiger partial charge in [0.2, 0.25) is 0 Å². The van der Waals surface area contributed by atoms with Gasteiger partial charge in [-0.2, -0.15) is 0 Å². The minimum Gasteiger partial charge on any atom is -0.304 e. The number of aromatic nitrogens is 1. The van der Waals surface area contributed by atoms with E-state index in [1.807, 2.05) is 25.2 Å². The van der Waals surface area contributed by atoms with Crippen LogP contribution in [0.3, 0.4) is 0 Å². The van der Waals surface area contributed by atoms with Crippen molar-refractivity contribution in [2.45, 2.75) is 0 Å². The number of rotatable bonds is 2. The highest BCUT2D eigenvalue weighted by Gasteiger charge is 1.92. The third-order valence-electron chi connectivity index (χ3n) is 1.07. The van der Waals surface area contributed by atoms with Crippen LogP contribution >= 0.6 is 11.6 Å². The Morgan fingerprint density at radius 1 is 1.45 bits per heavy atom. The molecule has 1 rings (SSSR count). The van der Waals surface area contributed by atoms with Crippen molar-refractivity contribution in [1.82, 2.24) is 9.99 Å². The summed E-state index contributed by atoms with van der Waals surface area (Å²) in [6.07, 6.45) is 1.60. The number of anilines is 1. The molecule has 0 atom stereocenters. The fourth-order valence-electron chi connectivity index (χ4n) is 0.671. The number of hydrogen-bond acceptors (Lipinski definition) is 3. The van der Waals surface area contributed by atoms with E-state index in [1.54, 1.807) is 12.3 Å². The van der Waals surface area contributed by atoms with Crippen LogP contribution in [-0.2, 0) is 0 Å². The second kappa shape index (κ2) is 3.55. The van der Waals surface area contributed by atoms with Gasteiger partial charge in [0.15, 0.2) is 0 Å². The lowest BCUT2D eigenvalue weighted by molar-refractivity contribution is 0.492. The van der Waals surface area contributed by atoms with E-state index in [-0.39, 0.29) is 0 Å². The van der Waals surface area contributed by atoms with Gasteiger partial charge in [0.1, 0.15) is 5.82 Å². The van der Waals surface area contributed by atoms with Gasteiger partial charge in [-0.3, -0.25) is 0 Å². The van der Waals surface area contributed by atoms with Crippen LogP contribution in [-0.4, -0.2) is 24.1 Å². The highest BCUT2D eigenvalue weighted by Crippen LogP contribution is 2.08. The zero-order valence-electron chi connectivity index (χ0n) is 6.50. The molecule has 0 radical (unpaired) electrons. The van der Waals surface area contributed by atoms with Crippen molar-refractivity contribution < 1.29 is 0 Å². The molecule has 60 valence electrons. The first kappa shape index (κ1) is 8.30. The lowest BCUT2D eigenvalue weighted by Crippen LogP contribution is -2.20. The summed E-state index contributed by atoms with van der Waals surface area (Å²) in [6.45, 7) is 0. The van der Waals surface area contributed by atoms with Gasteiger partial charge in [0, 0.05) is 20.3 Å². The van der Waals surface area contributed by atoms with Crippen molar-refractivity contribution >= 4 is 17.4 Å². The highest BCUT2D eigenvalue weighted by molar-refractivity contribution is 6.30. The van der Waals surface area contributed by atoms with Gasteiger partial charge in [-0.1, -0.05) is 11.6 Å². The highest BCUT2D eigenvalue weighted by atomic mass is 35.5. The maximum absolute atomic E-state index is 5.64. The molecule has 0 aliphatic heterocycles. The van der Waals surface area contributed by atoms with Crippen LogP contribution in [0.25, 0.3) is 0 Å². The minimum absolute atomic E-state index is 0.648. The number of hydrogen-bond donors (Lipinski definition) is 1. The van der Waals surface area contributed by atoms with Crippen LogP contribution in [0.4, 0.5) is 5.82 Å². The van der Waals surface area contributed by atoms with E-state index in [0.29, 0.717) is 5.02 Å². The summed E-state index contributed by atoms with van der Waals surface area (Å²) in [5, 5.41) is 2.46. The van der Waals surface area contributed by atoms with Gasteiger partial charge in [-0.05, 0) is 12.1 Å². The zero-order chi connectivity index (χ0) is 8.27.